The molecule has 2 aromatic carbocycles. The number of hydrogen-bond donors (Lipinski definition) is 0. The molecule has 0 bridgehead atoms. The van der Waals surface area contributed by atoms with Crippen LogP contribution in [0.1, 0.15) is 10.4 Å². The van der Waals surface area contributed by atoms with Crippen LogP contribution in [0, 0.1) is 0 Å². The molecule has 3 rings (SSSR count). The van der Waals surface area contributed by atoms with Crippen molar-refractivity contribution in [2.45, 2.75) is 0 Å². The summed E-state index contributed by atoms with van der Waals surface area (Å²) in [6.07, 6.45) is 0.816. The normalized spacial score (nSPS) is 13.7. The van der Waals surface area contributed by atoms with Gasteiger partial charge in [0.2, 0.25) is 0 Å². The fourth-order valence-electron chi connectivity index (χ4n) is 2.21. The lowest BCUT2D eigenvalue weighted by Crippen LogP contribution is -2.35. The van der Waals surface area contributed by atoms with Crippen LogP contribution < -0.4 is 9.64 Å². The number of carbonyl (C=O) groups is 2. The Morgan fingerprint density at radius 3 is 2.50 bits per heavy atom. The summed E-state index contributed by atoms with van der Waals surface area (Å²) in [4.78, 5) is 23.9. The first-order valence-electron chi connectivity index (χ1n) is 6.28. The summed E-state index contributed by atoms with van der Waals surface area (Å²) in [6.45, 7) is 0.0802. The number of ether oxygens (including phenoxy) is 1. The second-order valence-corrected chi connectivity index (χ2v) is 4.66. The van der Waals surface area contributed by atoms with E-state index in [-0.39, 0.29) is 12.5 Å². The summed E-state index contributed by atoms with van der Waals surface area (Å²) in [5.41, 5.74) is 3.37. The number of benzene rings is 2. The highest BCUT2D eigenvalue weighted by Crippen LogP contribution is 2.35. The Labute approximate surface area is 116 Å². The molecule has 0 saturated carbocycles. The molecule has 0 unspecified atom stereocenters. The van der Waals surface area contributed by atoms with Gasteiger partial charge in [-0.15, -0.1) is 0 Å². The van der Waals surface area contributed by atoms with Crippen molar-refractivity contribution in [3.63, 3.8) is 0 Å². The van der Waals surface area contributed by atoms with Crippen LogP contribution in [0.5, 0.6) is 5.75 Å². The van der Waals surface area contributed by atoms with Crippen molar-refractivity contribution in [3.05, 3.63) is 48.0 Å². The minimum Gasteiger partial charge on any atom is -0.482 e. The molecule has 0 radical (unpaired) electrons. The highest BCUT2D eigenvalue weighted by atomic mass is 16.5. The maximum Gasteiger partial charge on any atom is 0.264 e. The van der Waals surface area contributed by atoms with E-state index in [1.165, 1.54) is 0 Å². The predicted octanol–water partition coefficient (Wildman–Crippen LogP) is 2.52. The first kappa shape index (κ1) is 12.4. The Bertz CT molecular complexity index is 677. The number of aldehydes is 1. The van der Waals surface area contributed by atoms with Crippen LogP contribution in [0.3, 0.4) is 0 Å². The van der Waals surface area contributed by atoms with Gasteiger partial charge in [-0.3, -0.25) is 9.59 Å². The summed E-state index contributed by atoms with van der Waals surface area (Å²) in [5, 5.41) is 0. The molecule has 2 aromatic rings. The molecule has 100 valence electrons. The van der Waals surface area contributed by atoms with Crippen molar-refractivity contribution in [2.75, 3.05) is 18.6 Å². The van der Waals surface area contributed by atoms with Gasteiger partial charge in [0, 0.05) is 12.6 Å². The topological polar surface area (TPSA) is 46.6 Å². The Kier molecular flexibility index (Phi) is 2.99. The van der Waals surface area contributed by atoms with E-state index in [9.17, 15) is 9.59 Å². The first-order chi connectivity index (χ1) is 9.69. The van der Waals surface area contributed by atoms with Crippen molar-refractivity contribution in [2.24, 2.45) is 0 Å². The molecular weight excluding hydrogens is 254 g/mol. The summed E-state index contributed by atoms with van der Waals surface area (Å²) in [6, 6.07) is 13.0. The fourth-order valence-corrected chi connectivity index (χ4v) is 2.21. The van der Waals surface area contributed by atoms with E-state index in [2.05, 4.69) is 0 Å². The zero-order valence-electron chi connectivity index (χ0n) is 11.0. The van der Waals surface area contributed by atoms with Gasteiger partial charge < -0.3 is 9.64 Å². The van der Waals surface area contributed by atoms with Gasteiger partial charge >= 0.3 is 0 Å². The minimum atomic E-state index is -0.0639. The van der Waals surface area contributed by atoms with Crippen LogP contribution in [0.15, 0.2) is 42.5 Å². The van der Waals surface area contributed by atoms with Gasteiger partial charge in [-0.1, -0.05) is 30.3 Å². The van der Waals surface area contributed by atoms with Crippen LogP contribution in [0.2, 0.25) is 0 Å². The summed E-state index contributed by atoms with van der Waals surface area (Å²) >= 11 is 0. The Morgan fingerprint density at radius 2 is 1.80 bits per heavy atom. The zero-order valence-corrected chi connectivity index (χ0v) is 11.0. The first-order valence-corrected chi connectivity index (χ1v) is 6.28. The molecule has 0 fully saturated rings. The third-order valence-corrected chi connectivity index (χ3v) is 3.43. The fraction of sp³-hybridized carbons (Fsp3) is 0.125. The molecule has 1 aliphatic rings. The van der Waals surface area contributed by atoms with Gasteiger partial charge in [0.1, 0.15) is 12.0 Å². The van der Waals surface area contributed by atoms with Gasteiger partial charge in [0.05, 0.1) is 5.69 Å². The number of rotatable bonds is 2. The Hall–Kier alpha value is -2.62. The van der Waals surface area contributed by atoms with Gasteiger partial charge in [-0.05, 0) is 23.3 Å². The molecule has 1 amide bonds. The van der Waals surface area contributed by atoms with Crippen LogP contribution in [0.4, 0.5) is 5.69 Å². The molecule has 0 spiro atoms. The van der Waals surface area contributed by atoms with Crippen LogP contribution in [-0.4, -0.2) is 25.8 Å². The molecule has 0 aliphatic carbocycles. The molecule has 0 saturated heterocycles. The third-order valence-electron chi connectivity index (χ3n) is 3.43. The number of anilines is 1. The van der Waals surface area contributed by atoms with Crippen molar-refractivity contribution in [3.8, 4) is 16.9 Å². The van der Waals surface area contributed by atoms with E-state index in [1.54, 1.807) is 24.1 Å². The van der Waals surface area contributed by atoms with E-state index in [1.807, 2.05) is 30.3 Å². The van der Waals surface area contributed by atoms with Crippen molar-refractivity contribution in [1.82, 2.24) is 0 Å². The summed E-state index contributed by atoms with van der Waals surface area (Å²) < 4.78 is 5.40. The van der Waals surface area contributed by atoms with E-state index < -0.39 is 0 Å². The smallest absolute Gasteiger partial charge is 0.264 e. The van der Waals surface area contributed by atoms with Crippen LogP contribution in [-0.2, 0) is 4.79 Å². The lowest BCUT2D eigenvalue weighted by Gasteiger charge is -2.26. The van der Waals surface area contributed by atoms with Gasteiger partial charge in [-0.25, -0.2) is 0 Å². The molecule has 1 heterocycles. The van der Waals surface area contributed by atoms with E-state index in [4.69, 9.17) is 4.74 Å². The number of likely N-dealkylation sites (N-methyl/N-ethyl adjacent to an activating group) is 1. The standard InChI is InChI=1S/C16H13NO3/c1-17-14-8-13(6-7-15(14)20-10-16(17)19)12-4-2-11(9-18)3-5-12/h2-9H,10H2,1H3. The molecule has 4 heteroatoms. The number of nitrogens with zero attached hydrogens (tertiary/aromatic N) is 1. The van der Waals surface area contributed by atoms with Crippen molar-refractivity contribution < 1.29 is 14.3 Å². The second kappa shape index (κ2) is 4.81. The van der Waals surface area contributed by atoms with Crippen LogP contribution >= 0.6 is 0 Å². The average molecular weight is 267 g/mol. The Morgan fingerprint density at radius 1 is 1.10 bits per heavy atom. The molecule has 4 nitrogen and oxygen atoms in total. The summed E-state index contributed by atoms with van der Waals surface area (Å²) in [5.74, 6) is 0.645. The second-order valence-electron chi connectivity index (χ2n) is 4.66. The average Bonchev–Trinajstić information content (AvgIpc) is 2.51. The molecule has 1 aliphatic heterocycles. The quantitative estimate of drug-likeness (QED) is 0.785. The maximum absolute atomic E-state index is 11.7. The largest absolute Gasteiger partial charge is 0.482 e. The molecule has 20 heavy (non-hydrogen) atoms. The van der Waals surface area contributed by atoms with E-state index >= 15 is 0 Å². The zero-order chi connectivity index (χ0) is 14.1. The number of carbonyl (C=O) groups excluding carboxylic acids is 2. The monoisotopic (exact) mass is 267 g/mol. The van der Waals surface area contributed by atoms with Crippen molar-refractivity contribution >= 4 is 17.9 Å². The SMILES string of the molecule is CN1C(=O)COc2ccc(-c3ccc(C=O)cc3)cc21. The predicted molar refractivity (Wildman–Crippen MR) is 76.2 cm³/mol. The highest BCUT2D eigenvalue weighted by Gasteiger charge is 2.22. The lowest BCUT2D eigenvalue weighted by molar-refractivity contribution is -0.120. The van der Waals surface area contributed by atoms with E-state index in [0.717, 1.165) is 23.1 Å². The van der Waals surface area contributed by atoms with E-state index in [0.29, 0.717) is 11.3 Å². The molecule has 0 N–H and O–H groups in total. The Balaban J connectivity index is 2.02. The van der Waals surface area contributed by atoms with Gasteiger partial charge in [-0.2, -0.15) is 0 Å². The van der Waals surface area contributed by atoms with Gasteiger partial charge in [0.15, 0.2) is 6.61 Å². The molecule has 0 atom stereocenters. The lowest BCUT2D eigenvalue weighted by atomic mass is 10.0. The molecular formula is C16H13NO3. The maximum atomic E-state index is 11.7. The number of hydrogen-bond acceptors (Lipinski definition) is 3. The minimum absolute atomic E-state index is 0.0639. The summed E-state index contributed by atoms with van der Waals surface area (Å²) in [7, 11) is 1.74. The third kappa shape index (κ3) is 2.05. The number of fused-ring (bicyclic) bond motifs is 1. The number of amides is 1. The van der Waals surface area contributed by atoms with Gasteiger partial charge in [0.25, 0.3) is 5.91 Å². The van der Waals surface area contributed by atoms with Crippen LogP contribution in [0.25, 0.3) is 11.1 Å². The highest BCUT2D eigenvalue weighted by molar-refractivity contribution is 5.98. The van der Waals surface area contributed by atoms with Crippen molar-refractivity contribution in [1.29, 1.82) is 0 Å². The molecule has 0 aromatic heterocycles.